The number of methoxy groups -OCH3 is 2. The van der Waals surface area contributed by atoms with Crippen LogP contribution in [0.5, 0.6) is 11.5 Å². The average molecular weight is 372 g/mol. The summed E-state index contributed by atoms with van der Waals surface area (Å²) >= 11 is 0. The van der Waals surface area contributed by atoms with Gasteiger partial charge in [0, 0.05) is 19.5 Å². The van der Waals surface area contributed by atoms with Gasteiger partial charge in [0.2, 0.25) is 11.8 Å². The number of furan rings is 1. The van der Waals surface area contributed by atoms with Crippen LogP contribution in [0.25, 0.3) is 0 Å². The third-order valence-electron chi connectivity index (χ3n) is 4.69. The van der Waals surface area contributed by atoms with Gasteiger partial charge >= 0.3 is 0 Å². The second-order valence-electron chi connectivity index (χ2n) is 6.47. The summed E-state index contributed by atoms with van der Waals surface area (Å²) in [6, 6.07) is 9.18. The molecule has 0 radical (unpaired) electrons. The zero-order valence-corrected chi connectivity index (χ0v) is 15.6. The molecule has 27 heavy (non-hydrogen) atoms. The first kappa shape index (κ1) is 18.8. The van der Waals surface area contributed by atoms with E-state index in [0.29, 0.717) is 26.1 Å². The van der Waals surface area contributed by atoms with Gasteiger partial charge in [-0.1, -0.05) is 0 Å². The highest BCUT2D eigenvalue weighted by molar-refractivity contribution is 5.89. The molecule has 3 rings (SSSR count). The fraction of sp³-hybridized carbons (Fsp3) is 0.400. The third kappa shape index (κ3) is 4.61. The van der Waals surface area contributed by atoms with E-state index in [1.165, 1.54) is 0 Å². The molecule has 1 aliphatic rings. The average Bonchev–Trinajstić information content (AvgIpc) is 3.32. The van der Waals surface area contributed by atoms with Gasteiger partial charge in [-0.25, -0.2) is 0 Å². The lowest BCUT2D eigenvalue weighted by Crippen LogP contribution is -2.34. The van der Waals surface area contributed by atoms with Crippen molar-refractivity contribution in [3.63, 3.8) is 0 Å². The van der Waals surface area contributed by atoms with Crippen LogP contribution in [0.2, 0.25) is 0 Å². The van der Waals surface area contributed by atoms with Gasteiger partial charge in [-0.15, -0.1) is 0 Å². The van der Waals surface area contributed by atoms with Gasteiger partial charge in [0.25, 0.3) is 0 Å². The van der Waals surface area contributed by atoms with Crippen molar-refractivity contribution in [3.8, 4) is 11.5 Å². The van der Waals surface area contributed by atoms with E-state index in [1.807, 2.05) is 24.3 Å². The van der Waals surface area contributed by atoms with E-state index in [2.05, 4.69) is 5.32 Å². The Morgan fingerprint density at radius 1 is 1.30 bits per heavy atom. The van der Waals surface area contributed by atoms with Crippen molar-refractivity contribution in [2.75, 3.05) is 27.3 Å². The molecule has 1 N–H and O–H groups in total. The van der Waals surface area contributed by atoms with Gasteiger partial charge in [0.15, 0.2) is 0 Å². The Morgan fingerprint density at radius 3 is 2.85 bits per heavy atom. The summed E-state index contributed by atoms with van der Waals surface area (Å²) in [4.78, 5) is 26.2. The van der Waals surface area contributed by atoms with Crippen molar-refractivity contribution >= 4 is 11.8 Å². The standard InChI is InChI=1S/C20H24N2O5/c1-25-16-5-6-18(26-2)14(10-16)7-8-21-20(24)15-11-19(23)22(12-15)13-17-4-3-9-27-17/h3-6,9-10,15H,7-8,11-13H2,1-2H3,(H,21,24)/t15-/m1/s1. The molecule has 0 saturated carbocycles. The van der Waals surface area contributed by atoms with Gasteiger partial charge in [0.1, 0.15) is 17.3 Å². The normalized spacial score (nSPS) is 16.4. The van der Waals surface area contributed by atoms with Gasteiger partial charge in [-0.05, 0) is 42.3 Å². The smallest absolute Gasteiger partial charge is 0.225 e. The monoisotopic (exact) mass is 372 g/mol. The summed E-state index contributed by atoms with van der Waals surface area (Å²) in [5, 5.41) is 2.92. The molecule has 0 aliphatic carbocycles. The van der Waals surface area contributed by atoms with E-state index in [9.17, 15) is 9.59 Å². The largest absolute Gasteiger partial charge is 0.497 e. The molecule has 2 amide bonds. The maximum Gasteiger partial charge on any atom is 0.225 e. The number of hydrogen-bond donors (Lipinski definition) is 1. The predicted molar refractivity (Wildman–Crippen MR) is 98.5 cm³/mol. The highest BCUT2D eigenvalue weighted by Gasteiger charge is 2.34. The van der Waals surface area contributed by atoms with Crippen molar-refractivity contribution in [3.05, 3.63) is 47.9 Å². The van der Waals surface area contributed by atoms with Gasteiger partial charge in [-0.2, -0.15) is 0 Å². The number of nitrogens with zero attached hydrogens (tertiary/aromatic N) is 1. The summed E-state index contributed by atoms with van der Waals surface area (Å²) in [7, 11) is 3.22. The molecule has 1 aliphatic heterocycles. The van der Waals surface area contributed by atoms with E-state index >= 15 is 0 Å². The SMILES string of the molecule is COc1ccc(OC)c(CCNC(=O)[C@@H]2CC(=O)N(Cc3ccco3)C2)c1. The minimum Gasteiger partial charge on any atom is -0.497 e. The number of likely N-dealkylation sites (tertiary alicyclic amines) is 1. The highest BCUT2D eigenvalue weighted by Crippen LogP contribution is 2.24. The number of benzene rings is 1. The van der Waals surface area contributed by atoms with Gasteiger partial charge in [0.05, 0.1) is 32.9 Å². The zero-order chi connectivity index (χ0) is 19.2. The fourth-order valence-electron chi connectivity index (χ4n) is 3.23. The van der Waals surface area contributed by atoms with Crippen molar-refractivity contribution in [2.24, 2.45) is 5.92 Å². The molecule has 2 aromatic rings. The van der Waals surface area contributed by atoms with E-state index in [4.69, 9.17) is 13.9 Å². The maximum atomic E-state index is 12.4. The van der Waals surface area contributed by atoms with Crippen LogP contribution in [0.1, 0.15) is 17.7 Å². The van der Waals surface area contributed by atoms with Crippen LogP contribution in [-0.2, 0) is 22.6 Å². The Hall–Kier alpha value is -2.96. The highest BCUT2D eigenvalue weighted by atomic mass is 16.5. The van der Waals surface area contributed by atoms with Crippen LogP contribution in [-0.4, -0.2) is 44.0 Å². The number of ether oxygens (including phenoxy) is 2. The molecule has 1 atom stereocenters. The lowest BCUT2D eigenvalue weighted by molar-refractivity contribution is -0.129. The Morgan fingerprint density at radius 2 is 2.15 bits per heavy atom. The van der Waals surface area contributed by atoms with Crippen molar-refractivity contribution in [1.82, 2.24) is 10.2 Å². The first-order valence-electron chi connectivity index (χ1n) is 8.89. The van der Waals surface area contributed by atoms with E-state index in [0.717, 1.165) is 22.8 Å². The first-order valence-corrected chi connectivity index (χ1v) is 8.89. The molecule has 1 fully saturated rings. The first-order chi connectivity index (χ1) is 13.1. The van der Waals surface area contributed by atoms with E-state index in [-0.39, 0.29) is 24.2 Å². The van der Waals surface area contributed by atoms with Crippen LogP contribution in [0.15, 0.2) is 41.0 Å². The van der Waals surface area contributed by atoms with Crippen LogP contribution in [0, 0.1) is 5.92 Å². The molecule has 1 aromatic carbocycles. The van der Waals surface area contributed by atoms with Crippen molar-refractivity contribution in [1.29, 1.82) is 0 Å². The molecule has 7 heteroatoms. The van der Waals surface area contributed by atoms with Gasteiger partial charge < -0.3 is 24.1 Å². The number of nitrogens with one attached hydrogen (secondary N) is 1. The van der Waals surface area contributed by atoms with E-state index in [1.54, 1.807) is 31.4 Å². The fourth-order valence-corrected chi connectivity index (χ4v) is 3.23. The zero-order valence-electron chi connectivity index (χ0n) is 15.6. The summed E-state index contributed by atoms with van der Waals surface area (Å²) in [6.45, 7) is 1.27. The predicted octanol–water partition coefficient (Wildman–Crippen LogP) is 2.00. The third-order valence-corrected chi connectivity index (χ3v) is 4.69. The molecule has 0 unspecified atom stereocenters. The number of carbonyl (C=O) groups is 2. The topological polar surface area (TPSA) is 81.0 Å². The Kier molecular flexibility index (Phi) is 6.01. The molecule has 0 bridgehead atoms. The lowest BCUT2D eigenvalue weighted by Gasteiger charge is -2.15. The summed E-state index contributed by atoms with van der Waals surface area (Å²) in [5.74, 6) is 1.75. The maximum absolute atomic E-state index is 12.4. The molecule has 1 aromatic heterocycles. The number of hydrogen-bond acceptors (Lipinski definition) is 5. The molecule has 1 saturated heterocycles. The van der Waals surface area contributed by atoms with Crippen LogP contribution >= 0.6 is 0 Å². The van der Waals surface area contributed by atoms with Crippen LogP contribution in [0.4, 0.5) is 0 Å². The molecule has 144 valence electrons. The molecular formula is C20H24N2O5. The van der Waals surface area contributed by atoms with Crippen LogP contribution in [0.3, 0.4) is 0 Å². The number of amides is 2. The molecule has 7 nitrogen and oxygen atoms in total. The Bertz CT molecular complexity index is 788. The number of rotatable bonds is 8. The summed E-state index contributed by atoms with van der Waals surface area (Å²) in [5.41, 5.74) is 0.957. The summed E-state index contributed by atoms with van der Waals surface area (Å²) in [6.07, 6.45) is 2.42. The van der Waals surface area contributed by atoms with Crippen molar-refractivity contribution < 1.29 is 23.5 Å². The minimum atomic E-state index is -0.334. The quantitative estimate of drug-likeness (QED) is 0.767. The Labute approximate surface area is 158 Å². The Balaban J connectivity index is 1.50. The van der Waals surface area contributed by atoms with Gasteiger partial charge in [-0.3, -0.25) is 9.59 Å². The second-order valence-corrected chi connectivity index (χ2v) is 6.47. The van der Waals surface area contributed by atoms with E-state index < -0.39 is 0 Å². The lowest BCUT2D eigenvalue weighted by atomic mass is 10.1. The van der Waals surface area contributed by atoms with Crippen molar-refractivity contribution in [2.45, 2.75) is 19.4 Å². The summed E-state index contributed by atoms with van der Waals surface area (Å²) < 4.78 is 15.9. The second kappa shape index (κ2) is 8.62. The molecule has 0 spiro atoms. The molecule has 2 heterocycles. The number of carbonyl (C=O) groups excluding carboxylic acids is 2. The van der Waals surface area contributed by atoms with Crippen LogP contribution < -0.4 is 14.8 Å². The molecular weight excluding hydrogens is 348 g/mol. The minimum absolute atomic E-state index is 0.0268.